The first-order chi connectivity index (χ1) is 5.05. The van der Waals surface area contributed by atoms with E-state index in [0.717, 1.165) is 0 Å². The third-order valence-electron chi connectivity index (χ3n) is 2.05. The molecule has 4 nitrogen and oxygen atoms in total. The topological polar surface area (TPSA) is 57.6 Å². The van der Waals surface area contributed by atoms with Crippen molar-refractivity contribution in [3.8, 4) is 0 Å². The first kappa shape index (κ1) is 8.96. The molecule has 0 saturated carbocycles. The first-order valence-corrected chi connectivity index (χ1v) is 5.39. The summed E-state index contributed by atoms with van der Waals surface area (Å²) in [6.07, 6.45) is 0.652. The highest BCUT2D eigenvalue weighted by atomic mass is 32.2. The second kappa shape index (κ2) is 3.08. The van der Waals surface area contributed by atoms with Gasteiger partial charge in [0.1, 0.15) is 0 Å². The number of sulfone groups is 1. The molecule has 1 atom stereocenters. The molecule has 1 aliphatic heterocycles. The van der Waals surface area contributed by atoms with Crippen LogP contribution in [0.4, 0.5) is 0 Å². The van der Waals surface area contributed by atoms with Gasteiger partial charge in [0.25, 0.3) is 0 Å². The number of rotatable bonds is 2. The Hall–Kier alpha value is -0.130. The minimum Gasteiger partial charge on any atom is -0.381 e. The van der Waals surface area contributed by atoms with Crippen molar-refractivity contribution in [3.05, 3.63) is 0 Å². The SMILES string of the molecule is CN(CO)C1CCS(=O)(=O)C1. The second-order valence-electron chi connectivity index (χ2n) is 2.96. The van der Waals surface area contributed by atoms with Crippen LogP contribution in [-0.4, -0.2) is 49.8 Å². The van der Waals surface area contributed by atoms with Crippen molar-refractivity contribution in [2.75, 3.05) is 25.3 Å². The van der Waals surface area contributed by atoms with E-state index in [1.54, 1.807) is 11.9 Å². The third kappa shape index (κ3) is 2.15. The molecule has 0 amide bonds. The van der Waals surface area contributed by atoms with Crippen molar-refractivity contribution >= 4 is 9.84 Å². The van der Waals surface area contributed by atoms with Crippen LogP contribution in [-0.2, 0) is 9.84 Å². The van der Waals surface area contributed by atoms with Crippen molar-refractivity contribution in [1.82, 2.24) is 4.90 Å². The highest BCUT2D eigenvalue weighted by molar-refractivity contribution is 7.91. The van der Waals surface area contributed by atoms with Gasteiger partial charge in [0.05, 0.1) is 18.2 Å². The fourth-order valence-electron chi connectivity index (χ4n) is 1.24. The molecule has 0 aromatic rings. The van der Waals surface area contributed by atoms with Crippen molar-refractivity contribution in [2.24, 2.45) is 0 Å². The van der Waals surface area contributed by atoms with E-state index in [2.05, 4.69) is 0 Å². The predicted octanol–water partition coefficient (Wildman–Crippen LogP) is -0.945. The number of nitrogens with zero attached hydrogens (tertiary/aromatic N) is 1. The van der Waals surface area contributed by atoms with Gasteiger partial charge in [-0.25, -0.2) is 8.42 Å². The summed E-state index contributed by atoms with van der Waals surface area (Å²) in [4.78, 5) is 1.66. The molecular weight excluding hydrogens is 166 g/mol. The lowest BCUT2D eigenvalue weighted by Gasteiger charge is -2.19. The highest BCUT2D eigenvalue weighted by Crippen LogP contribution is 2.15. The van der Waals surface area contributed by atoms with Gasteiger partial charge >= 0.3 is 0 Å². The highest BCUT2D eigenvalue weighted by Gasteiger charge is 2.29. The summed E-state index contributed by atoms with van der Waals surface area (Å²) in [6, 6.07) is 0.0185. The molecule has 1 heterocycles. The van der Waals surface area contributed by atoms with Crippen LogP contribution >= 0.6 is 0 Å². The summed E-state index contributed by atoms with van der Waals surface area (Å²) in [5, 5.41) is 8.70. The second-order valence-corrected chi connectivity index (χ2v) is 5.18. The maximum absolute atomic E-state index is 11.0. The quantitative estimate of drug-likeness (QED) is 0.556. The van der Waals surface area contributed by atoms with Crippen LogP contribution in [0.25, 0.3) is 0 Å². The monoisotopic (exact) mass is 179 g/mol. The zero-order chi connectivity index (χ0) is 8.48. The molecule has 11 heavy (non-hydrogen) atoms. The van der Waals surface area contributed by atoms with E-state index in [4.69, 9.17) is 5.11 Å². The van der Waals surface area contributed by atoms with Gasteiger partial charge in [0.15, 0.2) is 9.84 Å². The molecule has 0 radical (unpaired) electrons. The molecule has 0 aliphatic carbocycles. The van der Waals surface area contributed by atoms with Gasteiger partial charge in [-0.2, -0.15) is 0 Å². The number of hydrogen-bond acceptors (Lipinski definition) is 4. The summed E-state index contributed by atoms with van der Waals surface area (Å²) in [5.41, 5.74) is 0. The maximum Gasteiger partial charge on any atom is 0.151 e. The zero-order valence-corrected chi connectivity index (χ0v) is 7.34. The molecule has 1 aliphatic rings. The van der Waals surface area contributed by atoms with E-state index in [1.165, 1.54) is 0 Å². The Morgan fingerprint density at radius 3 is 2.64 bits per heavy atom. The molecule has 1 rings (SSSR count). The molecule has 0 aromatic heterocycles. The van der Waals surface area contributed by atoms with Crippen LogP contribution in [0.1, 0.15) is 6.42 Å². The Morgan fingerprint density at radius 2 is 2.27 bits per heavy atom. The summed E-state index contributed by atoms with van der Waals surface area (Å²) < 4.78 is 21.9. The number of hydrogen-bond donors (Lipinski definition) is 1. The zero-order valence-electron chi connectivity index (χ0n) is 6.52. The molecule has 5 heteroatoms. The molecule has 1 unspecified atom stereocenters. The van der Waals surface area contributed by atoms with Crippen molar-refractivity contribution in [3.63, 3.8) is 0 Å². The Bertz CT molecular complexity index is 224. The van der Waals surface area contributed by atoms with Crippen LogP contribution in [0.15, 0.2) is 0 Å². The number of aliphatic hydroxyl groups excluding tert-OH is 1. The van der Waals surface area contributed by atoms with Crippen molar-refractivity contribution in [1.29, 1.82) is 0 Å². The van der Waals surface area contributed by atoms with Gasteiger partial charge in [-0.05, 0) is 13.5 Å². The van der Waals surface area contributed by atoms with Crippen LogP contribution in [0.5, 0.6) is 0 Å². The number of aliphatic hydroxyl groups is 1. The van der Waals surface area contributed by atoms with Crippen LogP contribution in [0, 0.1) is 0 Å². The standard InChI is InChI=1S/C6H13NO3S/c1-7(5-8)6-2-3-11(9,10)4-6/h6,8H,2-5H2,1H3. The Kier molecular flexibility index (Phi) is 2.51. The Labute approximate surface area is 66.7 Å². The van der Waals surface area contributed by atoms with E-state index in [9.17, 15) is 8.42 Å². The summed E-state index contributed by atoms with van der Waals surface area (Å²) >= 11 is 0. The van der Waals surface area contributed by atoms with E-state index < -0.39 is 9.84 Å². The average molecular weight is 179 g/mol. The summed E-state index contributed by atoms with van der Waals surface area (Å²) in [5.74, 6) is 0.464. The van der Waals surface area contributed by atoms with Crippen LogP contribution in [0.2, 0.25) is 0 Å². The van der Waals surface area contributed by atoms with Gasteiger partial charge < -0.3 is 5.11 Å². The molecule has 0 aromatic carbocycles. The smallest absolute Gasteiger partial charge is 0.151 e. The molecule has 0 spiro atoms. The van der Waals surface area contributed by atoms with Crippen LogP contribution in [0.3, 0.4) is 0 Å². The Balaban J connectivity index is 2.55. The molecule has 66 valence electrons. The largest absolute Gasteiger partial charge is 0.381 e. The van der Waals surface area contributed by atoms with Crippen molar-refractivity contribution < 1.29 is 13.5 Å². The van der Waals surface area contributed by atoms with Gasteiger partial charge in [-0.15, -0.1) is 0 Å². The Morgan fingerprint density at radius 1 is 1.64 bits per heavy atom. The lowest BCUT2D eigenvalue weighted by Crippen LogP contribution is -2.33. The van der Waals surface area contributed by atoms with Crippen LogP contribution < -0.4 is 0 Å². The van der Waals surface area contributed by atoms with Gasteiger partial charge in [0, 0.05) is 6.04 Å². The van der Waals surface area contributed by atoms with E-state index in [0.29, 0.717) is 6.42 Å². The molecule has 0 bridgehead atoms. The lowest BCUT2D eigenvalue weighted by molar-refractivity contribution is 0.102. The average Bonchev–Trinajstić information content (AvgIpc) is 2.29. The maximum atomic E-state index is 11.0. The van der Waals surface area contributed by atoms with E-state index >= 15 is 0 Å². The summed E-state index contributed by atoms with van der Waals surface area (Å²) in [7, 11) is -1.08. The van der Waals surface area contributed by atoms with Gasteiger partial charge in [0.2, 0.25) is 0 Å². The molecule has 1 saturated heterocycles. The molecular formula is C6H13NO3S. The van der Waals surface area contributed by atoms with Gasteiger partial charge in [-0.3, -0.25) is 4.90 Å². The van der Waals surface area contributed by atoms with Crippen molar-refractivity contribution in [2.45, 2.75) is 12.5 Å². The molecule has 1 N–H and O–H groups in total. The van der Waals surface area contributed by atoms with E-state index in [1.807, 2.05) is 0 Å². The lowest BCUT2D eigenvalue weighted by atomic mass is 10.2. The van der Waals surface area contributed by atoms with E-state index in [-0.39, 0.29) is 24.3 Å². The summed E-state index contributed by atoms with van der Waals surface area (Å²) in [6.45, 7) is -0.0693. The fraction of sp³-hybridized carbons (Fsp3) is 1.00. The third-order valence-corrected chi connectivity index (χ3v) is 3.81. The normalized spacial score (nSPS) is 29.5. The molecule has 1 fully saturated rings. The minimum atomic E-state index is -2.80. The fourth-order valence-corrected chi connectivity index (χ4v) is 3.04. The predicted molar refractivity (Wildman–Crippen MR) is 41.9 cm³/mol. The first-order valence-electron chi connectivity index (χ1n) is 3.57. The van der Waals surface area contributed by atoms with Gasteiger partial charge in [-0.1, -0.05) is 0 Å². The minimum absolute atomic E-state index is 0.0185.